The van der Waals surface area contributed by atoms with Gasteiger partial charge in [0.1, 0.15) is 19.0 Å². The predicted molar refractivity (Wildman–Crippen MR) is 111 cm³/mol. The Bertz CT molecular complexity index is 1080. The van der Waals surface area contributed by atoms with Crippen LogP contribution in [0.3, 0.4) is 0 Å². The lowest BCUT2D eigenvalue weighted by Crippen LogP contribution is -2.16. The lowest BCUT2D eigenvalue weighted by molar-refractivity contribution is -0.123. The van der Waals surface area contributed by atoms with Crippen molar-refractivity contribution in [3.8, 4) is 28.6 Å². The normalized spacial score (nSPS) is 11.8. The summed E-state index contributed by atoms with van der Waals surface area (Å²) < 4.78 is 12.9. The Morgan fingerprint density at radius 1 is 1.26 bits per heavy atom. The number of amides is 1. The third-order valence-corrected chi connectivity index (χ3v) is 4.20. The Morgan fingerprint density at radius 2 is 1.97 bits per heavy atom. The monoisotopic (exact) mass is 426 g/mol. The number of nitrogens with two attached hydrogens (primary N) is 1. The second-order valence-corrected chi connectivity index (χ2v) is 6.61. The predicted octanol–water partition coefficient (Wildman–Crippen LogP) is 0.895. The first-order valence-electron chi connectivity index (χ1n) is 9.29. The van der Waals surface area contributed by atoms with Crippen molar-refractivity contribution >= 4 is 18.2 Å². The maximum absolute atomic E-state index is 11.4. The van der Waals surface area contributed by atoms with Crippen molar-refractivity contribution in [2.45, 2.75) is 6.42 Å². The van der Waals surface area contributed by atoms with Crippen molar-refractivity contribution in [1.29, 1.82) is 0 Å². The molecule has 0 saturated heterocycles. The van der Waals surface area contributed by atoms with Gasteiger partial charge in [-0.25, -0.2) is 14.6 Å². The quantitative estimate of drug-likeness (QED) is 0.568. The van der Waals surface area contributed by atoms with Crippen molar-refractivity contribution < 1.29 is 24.2 Å². The van der Waals surface area contributed by atoms with E-state index < -0.39 is 5.91 Å². The molecule has 0 bridgehead atoms. The second-order valence-electron chi connectivity index (χ2n) is 6.61. The summed E-state index contributed by atoms with van der Waals surface area (Å²) in [6, 6.07) is 9.28. The third-order valence-electron chi connectivity index (χ3n) is 4.20. The summed E-state index contributed by atoms with van der Waals surface area (Å²) in [6.07, 6.45) is 1.66. The van der Waals surface area contributed by atoms with Crippen LogP contribution in [-0.2, 0) is 16.0 Å². The molecular formula is C20H22N6O5. The van der Waals surface area contributed by atoms with Crippen molar-refractivity contribution in [2.75, 3.05) is 32.2 Å². The largest absolute Gasteiger partial charge is 0.486 e. The van der Waals surface area contributed by atoms with E-state index in [0.29, 0.717) is 36.4 Å². The number of aromatic nitrogens is 4. The van der Waals surface area contributed by atoms with E-state index in [4.69, 9.17) is 25.1 Å². The highest BCUT2D eigenvalue weighted by atomic mass is 16.6. The summed E-state index contributed by atoms with van der Waals surface area (Å²) in [5, 5.41) is 11.4. The molecule has 1 amide bonds. The van der Waals surface area contributed by atoms with Crippen molar-refractivity contribution in [1.82, 2.24) is 19.7 Å². The number of carboxylic acid groups (broad SMARTS) is 1. The summed E-state index contributed by atoms with van der Waals surface area (Å²) in [4.78, 5) is 30.7. The number of benzene rings is 1. The van der Waals surface area contributed by atoms with Crippen LogP contribution >= 0.6 is 0 Å². The van der Waals surface area contributed by atoms with Gasteiger partial charge in [0.05, 0.1) is 17.7 Å². The minimum absolute atomic E-state index is 0.0535. The van der Waals surface area contributed by atoms with Gasteiger partial charge in [-0.3, -0.25) is 9.59 Å². The average molecular weight is 426 g/mol. The zero-order valence-electron chi connectivity index (χ0n) is 17.1. The fourth-order valence-corrected chi connectivity index (χ4v) is 3.03. The van der Waals surface area contributed by atoms with Gasteiger partial charge < -0.3 is 25.2 Å². The molecule has 162 valence electrons. The maximum atomic E-state index is 11.4. The molecule has 4 rings (SSSR count). The van der Waals surface area contributed by atoms with E-state index in [2.05, 4.69) is 15.1 Å². The van der Waals surface area contributed by atoms with Crippen LogP contribution in [0.4, 0.5) is 5.82 Å². The van der Waals surface area contributed by atoms with Gasteiger partial charge in [0, 0.05) is 26.4 Å². The first-order chi connectivity index (χ1) is 14.9. The Labute approximate surface area is 178 Å². The van der Waals surface area contributed by atoms with E-state index in [1.165, 1.54) is 0 Å². The van der Waals surface area contributed by atoms with Crippen molar-refractivity contribution in [3.63, 3.8) is 0 Å². The first-order valence-corrected chi connectivity index (χ1v) is 9.29. The van der Waals surface area contributed by atoms with Crippen LogP contribution in [0.1, 0.15) is 5.82 Å². The summed E-state index contributed by atoms with van der Waals surface area (Å²) in [6.45, 7) is 0.756. The fourth-order valence-electron chi connectivity index (χ4n) is 3.03. The number of pyridine rings is 1. The molecular weight excluding hydrogens is 404 g/mol. The SMILES string of the molecule is CN(C)c1ncccc1-c1nc(CC(N)=O)nn1-c1ccc2c(c1)OCCO2.O=CO. The number of ether oxygens (including phenoxy) is 2. The standard InChI is InChI=1S/C19H20N6O3.CH2O2/c1-24(2)18-13(4-3-7-21-18)19-22-17(11-16(20)26)23-25(19)12-5-6-14-15(10-12)28-9-8-27-14;2-1-3/h3-7,10H,8-9,11H2,1-2H3,(H2,20,26);1H,(H,2,3). The highest BCUT2D eigenvalue weighted by molar-refractivity contribution is 5.76. The number of hydrogen-bond acceptors (Lipinski definition) is 8. The molecule has 11 nitrogen and oxygen atoms in total. The zero-order valence-corrected chi connectivity index (χ0v) is 17.1. The number of hydrogen-bond donors (Lipinski definition) is 2. The number of anilines is 1. The Balaban J connectivity index is 0.000000858. The van der Waals surface area contributed by atoms with E-state index >= 15 is 0 Å². The van der Waals surface area contributed by atoms with E-state index in [1.807, 2.05) is 49.3 Å². The molecule has 3 aromatic rings. The molecule has 1 aliphatic heterocycles. The van der Waals surface area contributed by atoms with Gasteiger partial charge in [-0.1, -0.05) is 0 Å². The number of rotatable bonds is 5. The maximum Gasteiger partial charge on any atom is 0.290 e. The number of carbonyl (C=O) groups excluding carboxylic acids is 1. The van der Waals surface area contributed by atoms with Crippen LogP contribution in [0, 0.1) is 0 Å². The molecule has 3 N–H and O–H groups in total. The molecule has 3 heterocycles. The van der Waals surface area contributed by atoms with Crippen molar-refractivity contribution in [3.05, 3.63) is 42.4 Å². The van der Waals surface area contributed by atoms with Crippen LogP contribution in [0.2, 0.25) is 0 Å². The first kappa shape index (κ1) is 21.6. The second kappa shape index (κ2) is 9.57. The number of nitrogens with zero attached hydrogens (tertiary/aromatic N) is 5. The minimum atomic E-state index is -0.495. The van der Waals surface area contributed by atoms with Crippen LogP contribution in [0.25, 0.3) is 17.1 Å². The zero-order chi connectivity index (χ0) is 22.4. The third kappa shape index (κ3) is 4.89. The highest BCUT2D eigenvalue weighted by Gasteiger charge is 2.21. The number of carbonyl (C=O) groups is 2. The van der Waals surface area contributed by atoms with Gasteiger partial charge in [-0.05, 0) is 24.3 Å². The Morgan fingerprint density at radius 3 is 2.65 bits per heavy atom. The average Bonchev–Trinajstić information content (AvgIpc) is 3.17. The molecule has 0 spiro atoms. The molecule has 2 aromatic heterocycles. The van der Waals surface area contributed by atoms with Crippen LogP contribution in [0.15, 0.2) is 36.5 Å². The Hall–Kier alpha value is -4.15. The molecule has 11 heteroatoms. The van der Waals surface area contributed by atoms with E-state index in [-0.39, 0.29) is 12.9 Å². The fraction of sp³-hybridized carbons (Fsp3) is 0.250. The van der Waals surface area contributed by atoms with Gasteiger partial charge in [0.2, 0.25) is 5.91 Å². The molecule has 0 unspecified atom stereocenters. The molecule has 31 heavy (non-hydrogen) atoms. The number of primary amides is 1. The highest BCUT2D eigenvalue weighted by Crippen LogP contribution is 2.34. The van der Waals surface area contributed by atoms with Crippen LogP contribution in [0.5, 0.6) is 11.5 Å². The topological polar surface area (TPSA) is 146 Å². The Kier molecular flexibility index (Phi) is 6.65. The molecule has 1 aromatic carbocycles. The molecule has 0 fully saturated rings. The van der Waals surface area contributed by atoms with Gasteiger partial charge >= 0.3 is 0 Å². The molecule has 0 radical (unpaired) electrons. The molecule has 0 aliphatic carbocycles. The van der Waals surface area contributed by atoms with Gasteiger partial charge in [0.15, 0.2) is 23.1 Å². The minimum Gasteiger partial charge on any atom is -0.486 e. The summed E-state index contributed by atoms with van der Waals surface area (Å²) in [5.74, 6) is 2.46. The lowest BCUT2D eigenvalue weighted by Gasteiger charge is -2.19. The van der Waals surface area contributed by atoms with E-state index in [0.717, 1.165) is 17.1 Å². The van der Waals surface area contributed by atoms with Gasteiger partial charge in [-0.15, -0.1) is 0 Å². The van der Waals surface area contributed by atoms with Crippen molar-refractivity contribution in [2.24, 2.45) is 5.73 Å². The summed E-state index contributed by atoms with van der Waals surface area (Å²) in [5.41, 5.74) is 6.86. The van der Waals surface area contributed by atoms with Gasteiger partial charge in [-0.2, -0.15) is 5.10 Å². The van der Waals surface area contributed by atoms with Crippen LogP contribution in [-0.4, -0.2) is 64.5 Å². The van der Waals surface area contributed by atoms with Crippen LogP contribution < -0.4 is 20.1 Å². The number of fused-ring (bicyclic) bond motifs is 1. The smallest absolute Gasteiger partial charge is 0.290 e. The molecule has 0 atom stereocenters. The summed E-state index contributed by atoms with van der Waals surface area (Å²) >= 11 is 0. The summed E-state index contributed by atoms with van der Waals surface area (Å²) in [7, 11) is 3.81. The lowest BCUT2D eigenvalue weighted by atomic mass is 10.2. The van der Waals surface area contributed by atoms with E-state index in [9.17, 15) is 4.79 Å². The molecule has 0 saturated carbocycles. The van der Waals surface area contributed by atoms with E-state index in [1.54, 1.807) is 10.9 Å². The van der Waals surface area contributed by atoms with Gasteiger partial charge in [0.25, 0.3) is 6.47 Å². The molecule has 1 aliphatic rings.